The number of rotatable bonds is 5. The molecule has 11 heteroatoms. The normalized spacial score (nSPS) is 11.4. The van der Waals surface area contributed by atoms with Gasteiger partial charge in [-0.3, -0.25) is 14.6 Å². The van der Waals surface area contributed by atoms with E-state index in [9.17, 15) is 22.8 Å². The van der Waals surface area contributed by atoms with E-state index >= 15 is 0 Å². The van der Waals surface area contributed by atoms with E-state index in [1.807, 2.05) is 5.10 Å². The zero-order chi connectivity index (χ0) is 19.4. The Morgan fingerprint density at radius 1 is 1.22 bits per heavy atom. The molecule has 1 amide bonds. The molecule has 0 aliphatic carbocycles. The Morgan fingerprint density at radius 3 is 2.67 bits per heavy atom. The van der Waals surface area contributed by atoms with E-state index < -0.39 is 28.9 Å². The third kappa shape index (κ3) is 4.19. The van der Waals surface area contributed by atoms with Gasteiger partial charge in [0.25, 0.3) is 11.5 Å². The number of hydrogen-bond acceptors (Lipinski definition) is 5. The highest BCUT2D eigenvalue weighted by atomic mass is 19.4. The molecule has 0 saturated heterocycles. The topological polar surface area (TPSA) is 106 Å². The number of nitrogens with one attached hydrogen (secondary N) is 2. The summed E-state index contributed by atoms with van der Waals surface area (Å²) in [6, 6.07) is 7.33. The molecule has 8 nitrogen and oxygen atoms in total. The van der Waals surface area contributed by atoms with Crippen LogP contribution in [-0.2, 0) is 12.6 Å². The Morgan fingerprint density at radius 2 is 2.04 bits per heavy atom. The van der Waals surface area contributed by atoms with Crippen LogP contribution in [0.2, 0.25) is 0 Å². The van der Waals surface area contributed by atoms with Crippen LogP contribution in [0.4, 0.5) is 13.2 Å². The number of nitrogens with zero attached hydrogens (tertiary/aromatic N) is 4. The lowest BCUT2D eigenvalue weighted by Crippen LogP contribution is -2.28. The Hall–Kier alpha value is -3.50. The van der Waals surface area contributed by atoms with Gasteiger partial charge in [0.2, 0.25) is 0 Å². The summed E-state index contributed by atoms with van der Waals surface area (Å²) in [4.78, 5) is 27.4. The van der Waals surface area contributed by atoms with Gasteiger partial charge in [-0.05, 0) is 18.2 Å². The molecule has 0 spiro atoms. The summed E-state index contributed by atoms with van der Waals surface area (Å²) in [6.07, 6.45) is -2.10. The van der Waals surface area contributed by atoms with Crippen LogP contribution >= 0.6 is 0 Å². The Balaban J connectivity index is 1.83. The molecule has 3 heterocycles. The minimum absolute atomic E-state index is 0.106. The van der Waals surface area contributed by atoms with E-state index in [1.165, 1.54) is 0 Å². The Bertz CT molecular complexity index is 977. The molecule has 0 aliphatic rings. The first kappa shape index (κ1) is 18.3. The molecule has 3 aromatic heterocycles. The number of alkyl halides is 3. The van der Waals surface area contributed by atoms with Gasteiger partial charge in [0.1, 0.15) is 0 Å². The van der Waals surface area contributed by atoms with Crippen molar-refractivity contribution in [1.29, 1.82) is 0 Å². The maximum atomic E-state index is 13.5. The first-order valence-corrected chi connectivity index (χ1v) is 7.75. The quantitative estimate of drug-likeness (QED) is 0.697. The standard InChI is InChI=1S/C16H13F3N6O2/c17-16(18,19)14-11(9-22-25(14)12-4-5-13(26)24-23-12)15(27)21-8-6-10-3-1-2-7-20-10/h1-5,7,9H,6,8H2,(H,21,27)(H,24,26). The fourth-order valence-corrected chi connectivity index (χ4v) is 2.36. The van der Waals surface area contributed by atoms with Crippen LogP contribution in [0.15, 0.2) is 47.5 Å². The number of H-pyrrole nitrogens is 1. The minimum Gasteiger partial charge on any atom is -0.352 e. The molecule has 0 unspecified atom stereocenters. The number of carbonyl (C=O) groups excluding carboxylic acids is 1. The van der Waals surface area contributed by atoms with E-state index in [2.05, 4.69) is 20.5 Å². The summed E-state index contributed by atoms with van der Waals surface area (Å²) < 4.78 is 41.0. The third-order valence-electron chi connectivity index (χ3n) is 3.56. The summed E-state index contributed by atoms with van der Waals surface area (Å²) in [6.45, 7) is 0.106. The molecule has 2 N–H and O–H groups in total. The van der Waals surface area contributed by atoms with Gasteiger partial charge in [-0.2, -0.15) is 23.4 Å². The summed E-state index contributed by atoms with van der Waals surface area (Å²) in [5.41, 5.74) is -1.80. The van der Waals surface area contributed by atoms with Gasteiger partial charge in [-0.15, -0.1) is 0 Å². The highest BCUT2D eigenvalue weighted by Crippen LogP contribution is 2.33. The van der Waals surface area contributed by atoms with E-state index in [0.29, 0.717) is 16.8 Å². The van der Waals surface area contributed by atoms with Crippen molar-refractivity contribution in [3.05, 3.63) is 70.0 Å². The molecule has 0 bridgehead atoms. The first-order valence-electron chi connectivity index (χ1n) is 7.75. The Kier molecular flexibility index (Phi) is 5.01. The lowest BCUT2D eigenvalue weighted by Gasteiger charge is -2.12. The van der Waals surface area contributed by atoms with Crippen LogP contribution < -0.4 is 10.9 Å². The minimum atomic E-state index is -4.86. The number of carbonyl (C=O) groups is 1. The second kappa shape index (κ2) is 7.40. The average Bonchev–Trinajstić information content (AvgIpc) is 3.09. The van der Waals surface area contributed by atoms with Crippen LogP contribution in [0.3, 0.4) is 0 Å². The number of aromatic amines is 1. The summed E-state index contributed by atoms with van der Waals surface area (Å²) in [7, 11) is 0. The monoisotopic (exact) mass is 378 g/mol. The van der Waals surface area contributed by atoms with Gasteiger partial charge in [-0.25, -0.2) is 9.78 Å². The van der Waals surface area contributed by atoms with Gasteiger partial charge in [0.05, 0.1) is 11.8 Å². The van der Waals surface area contributed by atoms with Gasteiger partial charge >= 0.3 is 6.18 Å². The van der Waals surface area contributed by atoms with E-state index in [-0.39, 0.29) is 12.4 Å². The predicted molar refractivity (Wildman–Crippen MR) is 87.3 cm³/mol. The van der Waals surface area contributed by atoms with Crippen LogP contribution in [0.1, 0.15) is 21.7 Å². The SMILES string of the molecule is O=C(NCCc1ccccn1)c1cnn(-c2ccc(=O)[nH]n2)c1C(F)(F)F. The van der Waals surface area contributed by atoms with Crippen LogP contribution in [-0.4, -0.2) is 37.4 Å². The maximum absolute atomic E-state index is 13.5. The molecule has 3 rings (SSSR count). The van der Waals surface area contributed by atoms with E-state index in [0.717, 1.165) is 18.3 Å². The third-order valence-corrected chi connectivity index (χ3v) is 3.56. The second-order valence-electron chi connectivity index (χ2n) is 5.42. The Labute approximate surface area is 150 Å². The molecular weight excluding hydrogens is 365 g/mol. The molecule has 0 fully saturated rings. The smallest absolute Gasteiger partial charge is 0.352 e. The van der Waals surface area contributed by atoms with Crippen molar-refractivity contribution in [2.45, 2.75) is 12.6 Å². The van der Waals surface area contributed by atoms with Crippen LogP contribution in [0.5, 0.6) is 0 Å². The fraction of sp³-hybridized carbons (Fsp3) is 0.188. The molecular formula is C16H13F3N6O2. The van der Waals surface area contributed by atoms with Crippen molar-refractivity contribution in [3.63, 3.8) is 0 Å². The van der Waals surface area contributed by atoms with Crippen molar-refractivity contribution in [1.82, 2.24) is 30.3 Å². The number of amides is 1. The van der Waals surface area contributed by atoms with E-state index in [4.69, 9.17) is 0 Å². The highest BCUT2D eigenvalue weighted by Gasteiger charge is 2.40. The van der Waals surface area contributed by atoms with Gasteiger partial charge < -0.3 is 5.32 Å². The molecule has 0 aromatic carbocycles. The molecule has 3 aromatic rings. The molecule has 0 aliphatic heterocycles. The largest absolute Gasteiger partial charge is 0.434 e. The lowest BCUT2D eigenvalue weighted by molar-refractivity contribution is -0.143. The van der Waals surface area contributed by atoms with Gasteiger partial charge in [0, 0.05) is 30.9 Å². The maximum Gasteiger partial charge on any atom is 0.434 e. The van der Waals surface area contributed by atoms with Gasteiger partial charge in [-0.1, -0.05) is 6.07 Å². The highest BCUT2D eigenvalue weighted by molar-refractivity contribution is 5.95. The second-order valence-corrected chi connectivity index (χ2v) is 5.42. The average molecular weight is 378 g/mol. The van der Waals surface area contributed by atoms with Crippen LogP contribution in [0, 0.1) is 0 Å². The predicted octanol–water partition coefficient (Wildman–Crippen LogP) is 1.34. The molecule has 27 heavy (non-hydrogen) atoms. The van der Waals surface area contributed by atoms with Crippen LogP contribution in [0.25, 0.3) is 5.82 Å². The number of halogens is 3. The van der Waals surface area contributed by atoms with Crippen molar-refractivity contribution in [2.24, 2.45) is 0 Å². The van der Waals surface area contributed by atoms with Gasteiger partial charge in [0.15, 0.2) is 11.5 Å². The summed E-state index contributed by atoms with van der Waals surface area (Å²) in [5.74, 6) is -1.19. The zero-order valence-corrected chi connectivity index (χ0v) is 13.7. The number of hydrogen-bond donors (Lipinski definition) is 2. The zero-order valence-electron chi connectivity index (χ0n) is 13.7. The van der Waals surface area contributed by atoms with E-state index in [1.54, 1.807) is 24.4 Å². The lowest BCUT2D eigenvalue weighted by atomic mass is 10.2. The fourth-order valence-electron chi connectivity index (χ4n) is 2.36. The van der Waals surface area contributed by atoms with Crippen molar-refractivity contribution in [3.8, 4) is 5.82 Å². The molecule has 0 atom stereocenters. The van der Waals surface area contributed by atoms with Crippen molar-refractivity contribution in [2.75, 3.05) is 6.54 Å². The molecule has 140 valence electrons. The first-order chi connectivity index (χ1) is 12.9. The number of aromatic nitrogens is 5. The van der Waals surface area contributed by atoms with Crippen molar-refractivity contribution < 1.29 is 18.0 Å². The number of pyridine rings is 1. The molecule has 0 saturated carbocycles. The summed E-state index contributed by atoms with van der Waals surface area (Å²) >= 11 is 0. The van der Waals surface area contributed by atoms with Crippen molar-refractivity contribution >= 4 is 5.91 Å². The molecule has 0 radical (unpaired) electrons. The summed E-state index contributed by atoms with van der Waals surface area (Å²) in [5, 5.41) is 11.6.